The van der Waals surface area contributed by atoms with Gasteiger partial charge in [0.15, 0.2) is 0 Å². The van der Waals surface area contributed by atoms with Gasteiger partial charge in [-0.2, -0.15) is 5.10 Å². The number of hydrogen-bond acceptors (Lipinski definition) is 3. The van der Waals surface area contributed by atoms with Gasteiger partial charge in [0, 0.05) is 37.9 Å². The fourth-order valence-electron chi connectivity index (χ4n) is 3.43. The van der Waals surface area contributed by atoms with Gasteiger partial charge < -0.3 is 10.2 Å². The summed E-state index contributed by atoms with van der Waals surface area (Å²) in [5, 5.41) is 8.86. The van der Waals surface area contributed by atoms with Crippen molar-refractivity contribution in [3.8, 4) is 0 Å². The Morgan fingerprint density at radius 1 is 1.39 bits per heavy atom. The van der Waals surface area contributed by atoms with E-state index in [4.69, 9.17) is 0 Å². The van der Waals surface area contributed by atoms with Crippen molar-refractivity contribution in [2.45, 2.75) is 43.9 Å². The maximum Gasteiger partial charge on any atom is 0.340 e. The van der Waals surface area contributed by atoms with E-state index in [-0.39, 0.29) is 30.6 Å². The SMILES string of the molecule is O=C(NCC1CCCC1(F)F)N1CCCC(c2n[nH]c(=O)[nH]2)C1. The quantitative estimate of drug-likeness (QED) is 0.783. The molecule has 1 aliphatic carbocycles. The van der Waals surface area contributed by atoms with Crippen molar-refractivity contribution < 1.29 is 13.6 Å². The minimum atomic E-state index is -2.67. The van der Waals surface area contributed by atoms with E-state index < -0.39 is 11.8 Å². The number of hydrogen-bond donors (Lipinski definition) is 3. The first-order valence-corrected chi connectivity index (χ1v) is 8.01. The molecule has 7 nitrogen and oxygen atoms in total. The van der Waals surface area contributed by atoms with E-state index in [0.717, 1.165) is 12.8 Å². The van der Waals surface area contributed by atoms with Gasteiger partial charge in [0.2, 0.25) is 0 Å². The summed E-state index contributed by atoms with van der Waals surface area (Å²) in [7, 11) is 0. The second kappa shape index (κ2) is 6.29. The molecule has 1 aromatic heterocycles. The summed E-state index contributed by atoms with van der Waals surface area (Å²) in [5.41, 5.74) is -0.370. The molecule has 3 rings (SSSR count). The highest BCUT2D eigenvalue weighted by Crippen LogP contribution is 2.39. The van der Waals surface area contributed by atoms with Gasteiger partial charge in [0.1, 0.15) is 5.82 Å². The summed E-state index contributed by atoms with van der Waals surface area (Å²) in [4.78, 5) is 27.6. The Morgan fingerprint density at radius 3 is 2.87 bits per heavy atom. The summed E-state index contributed by atoms with van der Waals surface area (Å²) >= 11 is 0. The van der Waals surface area contributed by atoms with Gasteiger partial charge in [-0.25, -0.2) is 23.5 Å². The fourth-order valence-corrected chi connectivity index (χ4v) is 3.43. The van der Waals surface area contributed by atoms with Crippen LogP contribution in [-0.4, -0.2) is 51.7 Å². The molecule has 23 heavy (non-hydrogen) atoms. The number of H-pyrrole nitrogens is 2. The molecule has 0 bridgehead atoms. The number of aromatic amines is 2. The fraction of sp³-hybridized carbons (Fsp3) is 0.786. The average Bonchev–Trinajstić information content (AvgIpc) is 3.10. The lowest BCUT2D eigenvalue weighted by Crippen LogP contribution is -2.47. The zero-order valence-corrected chi connectivity index (χ0v) is 12.8. The van der Waals surface area contributed by atoms with E-state index in [2.05, 4.69) is 20.5 Å². The first-order valence-electron chi connectivity index (χ1n) is 8.01. The molecule has 2 fully saturated rings. The lowest BCUT2D eigenvalue weighted by atomic mass is 9.97. The van der Waals surface area contributed by atoms with Gasteiger partial charge in [-0.15, -0.1) is 0 Å². The Balaban J connectivity index is 1.54. The largest absolute Gasteiger partial charge is 0.340 e. The van der Waals surface area contributed by atoms with Crippen molar-refractivity contribution in [3.05, 3.63) is 16.3 Å². The van der Waals surface area contributed by atoms with Crippen LogP contribution < -0.4 is 11.0 Å². The molecule has 2 aliphatic rings. The lowest BCUT2D eigenvalue weighted by molar-refractivity contribution is -0.0352. The van der Waals surface area contributed by atoms with Crippen LogP contribution in [0.3, 0.4) is 0 Å². The Labute approximate surface area is 131 Å². The number of likely N-dealkylation sites (tertiary alicyclic amines) is 1. The highest BCUT2D eigenvalue weighted by molar-refractivity contribution is 5.74. The molecule has 128 valence electrons. The molecule has 2 atom stereocenters. The van der Waals surface area contributed by atoms with Gasteiger partial charge in [-0.05, 0) is 25.7 Å². The van der Waals surface area contributed by atoms with E-state index in [1.165, 1.54) is 0 Å². The maximum atomic E-state index is 13.6. The molecule has 1 aromatic rings. The minimum Gasteiger partial charge on any atom is -0.337 e. The Morgan fingerprint density at radius 2 is 2.22 bits per heavy atom. The van der Waals surface area contributed by atoms with Crippen LogP contribution in [0.5, 0.6) is 0 Å². The Hall–Kier alpha value is -1.93. The molecular weight excluding hydrogens is 308 g/mol. The van der Waals surface area contributed by atoms with Gasteiger partial charge in [0.25, 0.3) is 5.92 Å². The molecule has 1 saturated heterocycles. The van der Waals surface area contributed by atoms with Gasteiger partial charge in [0.05, 0.1) is 0 Å². The number of amides is 2. The van der Waals surface area contributed by atoms with E-state index in [1.54, 1.807) is 4.90 Å². The van der Waals surface area contributed by atoms with E-state index in [9.17, 15) is 18.4 Å². The van der Waals surface area contributed by atoms with Crippen LogP contribution in [0.1, 0.15) is 43.8 Å². The number of rotatable bonds is 3. The third kappa shape index (κ3) is 3.53. The second-order valence-electron chi connectivity index (χ2n) is 6.38. The van der Waals surface area contributed by atoms with Gasteiger partial charge in [-0.1, -0.05) is 0 Å². The number of carbonyl (C=O) groups is 1. The van der Waals surface area contributed by atoms with E-state index in [0.29, 0.717) is 31.8 Å². The smallest absolute Gasteiger partial charge is 0.337 e. The van der Waals surface area contributed by atoms with Crippen LogP contribution in [0.4, 0.5) is 13.6 Å². The normalized spacial score (nSPS) is 27.1. The van der Waals surface area contributed by atoms with Crippen molar-refractivity contribution >= 4 is 6.03 Å². The molecule has 2 unspecified atom stereocenters. The number of halogens is 2. The summed E-state index contributed by atoms with van der Waals surface area (Å²) in [6.07, 6.45) is 2.47. The first kappa shape index (κ1) is 15.9. The zero-order chi connectivity index (χ0) is 16.4. The third-order valence-corrected chi connectivity index (χ3v) is 4.77. The Kier molecular flexibility index (Phi) is 4.36. The molecule has 3 N–H and O–H groups in total. The molecule has 2 heterocycles. The molecular formula is C14H21F2N5O2. The van der Waals surface area contributed by atoms with Crippen molar-refractivity contribution in [1.82, 2.24) is 25.4 Å². The van der Waals surface area contributed by atoms with Crippen molar-refractivity contribution in [2.75, 3.05) is 19.6 Å². The number of urea groups is 1. The van der Waals surface area contributed by atoms with E-state index in [1.807, 2.05) is 0 Å². The summed E-state index contributed by atoms with van der Waals surface area (Å²) in [6, 6.07) is -0.324. The number of aromatic nitrogens is 3. The number of nitrogens with zero attached hydrogens (tertiary/aromatic N) is 2. The third-order valence-electron chi connectivity index (χ3n) is 4.77. The maximum absolute atomic E-state index is 13.6. The molecule has 1 saturated carbocycles. The minimum absolute atomic E-state index is 0.00619. The van der Waals surface area contributed by atoms with Crippen molar-refractivity contribution in [3.63, 3.8) is 0 Å². The van der Waals surface area contributed by atoms with Crippen molar-refractivity contribution in [2.24, 2.45) is 5.92 Å². The van der Waals surface area contributed by atoms with Gasteiger partial charge >= 0.3 is 11.7 Å². The zero-order valence-electron chi connectivity index (χ0n) is 12.8. The molecule has 0 radical (unpaired) electrons. The van der Waals surface area contributed by atoms with Crippen LogP contribution in [0, 0.1) is 5.92 Å². The second-order valence-corrected chi connectivity index (χ2v) is 6.38. The van der Waals surface area contributed by atoms with Gasteiger partial charge in [-0.3, -0.25) is 4.98 Å². The summed E-state index contributed by atoms with van der Waals surface area (Å²) < 4.78 is 27.2. The first-order chi connectivity index (χ1) is 11.0. The average molecular weight is 329 g/mol. The van der Waals surface area contributed by atoms with Crippen LogP contribution in [0.25, 0.3) is 0 Å². The van der Waals surface area contributed by atoms with E-state index >= 15 is 0 Å². The number of nitrogens with one attached hydrogen (secondary N) is 3. The lowest BCUT2D eigenvalue weighted by Gasteiger charge is -2.32. The standard InChI is InChI=1S/C14H21F2N5O2/c15-14(16)5-1-4-10(14)7-17-13(23)21-6-2-3-9(8-21)11-18-12(22)20-19-11/h9-10H,1-8H2,(H,17,23)(H2,18,19,20,22). The van der Waals surface area contributed by atoms with Crippen LogP contribution in [0.15, 0.2) is 4.79 Å². The van der Waals surface area contributed by atoms with Crippen molar-refractivity contribution in [1.29, 1.82) is 0 Å². The molecule has 0 aromatic carbocycles. The predicted octanol–water partition coefficient (Wildman–Crippen LogP) is 1.42. The molecule has 9 heteroatoms. The topological polar surface area (TPSA) is 93.9 Å². The summed E-state index contributed by atoms with van der Waals surface area (Å²) in [6.45, 7) is 1.01. The number of piperidine rings is 1. The molecule has 1 aliphatic heterocycles. The van der Waals surface area contributed by atoms with Crippen LogP contribution in [-0.2, 0) is 0 Å². The summed E-state index contributed by atoms with van der Waals surface area (Å²) in [5.74, 6) is -2.95. The highest BCUT2D eigenvalue weighted by atomic mass is 19.3. The molecule has 2 amide bonds. The monoisotopic (exact) mass is 329 g/mol. The Bertz CT molecular complexity index is 614. The molecule has 0 spiro atoms. The predicted molar refractivity (Wildman–Crippen MR) is 78.4 cm³/mol. The number of carbonyl (C=O) groups excluding carboxylic acids is 1. The van der Waals surface area contributed by atoms with Crippen LogP contribution >= 0.6 is 0 Å². The highest BCUT2D eigenvalue weighted by Gasteiger charge is 2.43. The van der Waals surface area contributed by atoms with Crippen LogP contribution in [0.2, 0.25) is 0 Å². The number of alkyl halides is 2.